The van der Waals surface area contributed by atoms with Crippen molar-refractivity contribution in [2.45, 2.75) is 58.2 Å². The maximum atomic E-state index is 6.00. The average molecular weight is 461 g/mol. The summed E-state index contributed by atoms with van der Waals surface area (Å²) in [5.41, 5.74) is 7.40. The van der Waals surface area contributed by atoms with E-state index in [9.17, 15) is 0 Å². The lowest BCUT2D eigenvalue weighted by Gasteiger charge is -2.30. The van der Waals surface area contributed by atoms with Gasteiger partial charge in [-0.1, -0.05) is 31.2 Å². The molecule has 4 heterocycles. The summed E-state index contributed by atoms with van der Waals surface area (Å²) in [7, 11) is 0. The third-order valence-electron chi connectivity index (χ3n) is 7.02. The zero-order valence-electron chi connectivity index (χ0n) is 19.6. The summed E-state index contributed by atoms with van der Waals surface area (Å²) in [6, 6.07) is 17.2. The molecule has 33 heavy (non-hydrogen) atoms. The minimum absolute atomic E-state index is 0.00419. The number of ether oxygens (including phenoxy) is 1. The molecule has 2 aliphatic rings. The summed E-state index contributed by atoms with van der Waals surface area (Å²) in [5, 5.41) is 4.37. The Balaban J connectivity index is 1.61. The third kappa shape index (κ3) is 4.06. The molecule has 0 bridgehead atoms. The van der Waals surface area contributed by atoms with Gasteiger partial charge in [-0.05, 0) is 80.7 Å². The fourth-order valence-electron chi connectivity index (χ4n) is 5.43. The smallest absolute Gasteiger partial charge is 0.170 e. The Morgan fingerprint density at radius 1 is 1.15 bits per heavy atom. The van der Waals surface area contributed by atoms with Gasteiger partial charge >= 0.3 is 0 Å². The number of rotatable bonds is 6. The van der Waals surface area contributed by atoms with E-state index in [0.29, 0.717) is 0 Å². The van der Waals surface area contributed by atoms with Crippen molar-refractivity contribution >= 4 is 17.3 Å². The fraction of sp³-hybridized carbons (Fsp3) is 0.407. The van der Waals surface area contributed by atoms with Crippen LogP contribution in [0.25, 0.3) is 5.69 Å². The second-order valence-electron chi connectivity index (χ2n) is 9.06. The van der Waals surface area contributed by atoms with Crippen LogP contribution in [0.4, 0.5) is 0 Å². The number of para-hydroxylation sites is 1. The summed E-state index contributed by atoms with van der Waals surface area (Å²) in [6.45, 7) is 8.29. The van der Waals surface area contributed by atoms with Gasteiger partial charge in [0.15, 0.2) is 5.11 Å². The van der Waals surface area contributed by atoms with E-state index in [1.54, 1.807) is 0 Å². The molecule has 6 heteroatoms. The van der Waals surface area contributed by atoms with E-state index in [4.69, 9.17) is 21.9 Å². The Labute approximate surface area is 201 Å². The lowest BCUT2D eigenvalue weighted by atomic mass is 9.96. The first kappa shape index (κ1) is 22.1. The number of aromatic nitrogens is 2. The number of nitrogens with zero attached hydrogens (tertiary/aromatic N) is 3. The van der Waals surface area contributed by atoms with Crippen LogP contribution in [-0.2, 0) is 11.2 Å². The van der Waals surface area contributed by atoms with E-state index < -0.39 is 0 Å². The van der Waals surface area contributed by atoms with Crippen LogP contribution in [-0.4, -0.2) is 38.8 Å². The highest BCUT2D eigenvalue weighted by molar-refractivity contribution is 7.80. The lowest BCUT2D eigenvalue weighted by Crippen LogP contribution is -2.36. The number of hydrogen-bond acceptors (Lipinski definition) is 3. The summed E-state index contributed by atoms with van der Waals surface area (Å²) >= 11 is 5.87. The molecule has 5 rings (SSSR count). The molecular formula is C27H32N4OS. The molecule has 5 nitrogen and oxygen atoms in total. The van der Waals surface area contributed by atoms with Crippen LogP contribution in [0.15, 0.2) is 54.7 Å². The van der Waals surface area contributed by atoms with Crippen molar-refractivity contribution in [3.8, 4) is 5.69 Å². The Hall–Kier alpha value is -2.70. The van der Waals surface area contributed by atoms with Gasteiger partial charge in [-0.3, -0.25) is 4.98 Å². The monoisotopic (exact) mass is 460 g/mol. The van der Waals surface area contributed by atoms with Crippen LogP contribution in [0, 0.1) is 13.8 Å². The van der Waals surface area contributed by atoms with Gasteiger partial charge in [0, 0.05) is 36.4 Å². The minimum atomic E-state index is -0.00419. The van der Waals surface area contributed by atoms with E-state index in [1.165, 1.54) is 28.2 Å². The van der Waals surface area contributed by atoms with Crippen molar-refractivity contribution in [3.63, 3.8) is 0 Å². The van der Waals surface area contributed by atoms with Crippen molar-refractivity contribution in [1.29, 1.82) is 0 Å². The van der Waals surface area contributed by atoms with Crippen LogP contribution in [0.3, 0.4) is 0 Å². The lowest BCUT2D eigenvalue weighted by molar-refractivity contribution is 0.0842. The first-order valence-electron chi connectivity index (χ1n) is 11.9. The second-order valence-corrected chi connectivity index (χ2v) is 9.44. The number of aryl methyl sites for hydroxylation is 2. The molecule has 2 fully saturated rings. The molecule has 2 aliphatic heterocycles. The van der Waals surface area contributed by atoms with E-state index in [-0.39, 0.29) is 18.2 Å². The van der Waals surface area contributed by atoms with Crippen molar-refractivity contribution in [2.24, 2.45) is 0 Å². The van der Waals surface area contributed by atoms with Crippen molar-refractivity contribution in [3.05, 3.63) is 82.9 Å². The molecule has 0 unspecified atom stereocenters. The minimum Gasteiger partial charge on any atom is -0.376 e. The van der Waals surface area contributed by atoms with Gasteiger partial charge in [0.1, 0.15) is 0 Å². The first-order valence-corrected chi connectivity index (χ1v) is 12.4. The van der Waals surface area contributed by atoms with Gasteiger partial charge in [-0.15, -0.1) is 0 Å². The molecule has 2 aromatic heterocycles. The summed E-state index contributed by atoms with van der Waals surface area (Å²) in [5.74, 6) is 0. The molecule has 0 aliphatic carbocycles. The molecule has 172 valence electrons. The molecule has 0 radical (unpaired) electrons. The normalized spacial score (nSPS) is 22.7. The molecule has 0 saturated carbocycles. The standard InChI is InChI=1S/C27H32N4OS/c1-4-20-10-5-6-13-24(20)31-18(2)16-22(19(31)3)26-25(23-12-7-8-14-28-23)29-27(33)30(26)17-21-11-9-15-32-21/h5-8,10,12-14,16,21,25-26H,4,9,11,15,17H2,1-3H3,(H,29,33)/t21-,25+,26+/m0/s1. The maximum Gasteiger partial charge on any atom is 0.170 e. The molecule has 1 N–H and O–H groups in total. The van der Waals surface area contributed by atoms with E-state index in [0.717, 1.165) is 43.2 Å². The van der Waals surface area contributed by atoms with Crippen molar-refractivity contribution in [2.75, 3.05) is 13.2 Å². The van der Waals surface area contributed by atoms with Gasteiger partial charge in [-0.2, -0.15) is 0 Å². The number of benzene rings is 1. The SMILES string of the molecule is CCc1ccccc1-n1c(C)cc([C@@H]2[C@@H](c3ccccn3)NC(=S)N2C[C@@H]2CCCO2)c1C. The predicted octanol–water partition coefficient (Wildman–Crippen LogP) is 5.20. The number of thiocarbonyl (C=S) groups is 1. The summed E-state index contributed by atoms with van der Waals surface area (Å²) < 4.78 is 8.40. The number of hydrogen-bond donors (Lipinski definition) is 1. The third-order valence-corrected chi connectivity index (χ3v) is 7.38. The number of nitrogens with one attached hydrogen (secondary N) is 1. The quantitative estimate of drug-likeness (QED) is 0.512. The molecule has 0 spiro atoms. The Morgan fingerprint density at radius 3 is 2.70 bits per heavy atom. The van der Waals surface area contributed by atoms with Crippen LogP contribution in [0.2, 0.25) is 0 Å². The highest BCUT2D eigenvalue weighted by Gasteiger charge is 2.42. The topological polar surface area (TPSA) is 42.3 Å². The molecule has 1 aromatic carbocycles. The first-order chi connectivity index (χ1) is 16.1. The summed E-state index contributed by atoms with van der Waals surface area (Å²) in [6.07, 6.45) is 5.29. The van der Waals surface area contributed by atoms with Crippen LogP contribution in [0.1, 0.15) is 60.1 Å². The van der Waals surface area contributed by atoms with E-state index in [1.807, 2.05) is 18.3 Å². The Bertz CT molecular complexity index is 1140. The molecule has 3 atom stereocenters. The maximum absolute atomic E-state index is 6.00. The van der Waals surface area contributed by atoms with Crippen molar-refractivity contribution < 1.29 is 4.74 Å². The highest BCUT2D eigenvalue weighted by atomic mass is 32.1. The summed E-state index contributed by atoms with van der Waals surface area (Å²) in [4.78, 5) is 7.03. The Kier molecular flexibility index (Phi) is 6.21. The zero-order valence-corrected chi connectivity index (χ0v) is 20.4. The van der Waals surface area contributed by atoms with Crippen LogP contribution in [0.5, 0.6) is 0 Å². The highest BCUT2D eigenvalue weighted by Crippen LogP contribution is 2.42. The van der Waals surface area contributed by atoms with E-state index in [2.05, 4.69) is 72.0 Å². The zero-order chi connectivity index (χ0) is 22.9. The van der Waals surface area contributed by atoms with Gasteiger partial charge in [0.05, 0.1) is 23.9 Å². The van der Waals surface area contributed by atoms with Gasteiger partial charge < -0.3 is 19.5 Å². The second kappa shape index (κ2) is 9.27. The predicted molar refractivity (Wildman–Crippen MR) is 136 cm³/mol. The molecule has 3 aromatic rings. The molecule has 2 saturated heterocycles. The van der Waals surface area contributed by atoms with E-state index >= 15 is 0 Å². The number of pyridine rings is 1. The van der Waals surface area contributed by atoms with Gasteiger partial charge in [0.25, 0.3) is 0 Å². The van der Waals surface area contributed by atoms with Gasteiger partial charge in [0.2, 0.25) is 0 Å². The van der Waals surface area contributed by atoms with Crippen molar-refractivity contribution in [1.82, 2.24) is 19.8 Å². The molecule has 0 amide bonds. The van der Waals surface area contributed by atoms with Gasteiger partial charge in [-0.25, -0.2) is 0 Å². The Morgan fingerprint density at radius 2 is 1.97 bits per heavy atom. The fourth-order valence-corrected chi connectivity index (χ4v) is 5.75. The average Bonchev–Trinajstić information content (AvgIpc) is 3.53. The van der Waals surface area contributed by atoms with Crippen LogP contribution < -0.4 is 5.32 Å². The molecular weight excluding hydrogens is 428 g/mol. The largest absolute Gasteiger partial charge is 0.376 e. The van der Waals surface area contributed by atoms with Crippen LogP contribution >= 0.6 is 12.2 Å².